The van der Waals surface area contributed by atoms with E-state index in [1.807, 2.05) is 59.5 Å². The summed E-state index contributed by atoms with van der Waals surface area (Å²) in [4.78, 5) is 31.4. The van der Waals surface area contributed by atoms with Gasteiger partial charge in [-0.05, 0) is 42.7 Å². The second-order valence-electron chi connectivity index (χ2n) is 7.95. The molecule has 1 aliphatic rings. The fourth-order valence-electron chi connectivity index (χ4n) is 3.83. The van der Waals surface area contributed by atoms with Gasteiger partial charge in [0.05, 0.1) is 0 Å². The topological polar surface area (TPSA) is 71.5 Å². The van der Waals surface area contributed by atoms with Crippen LogP contribution in [0.3, 0.4) is 0 Å². The maximum Gasteiger partial charge on any atom is 0.253 e. The standard InChI is InChI=1S/C26H27N3O3/c30-25(28-18-20-6-2-1-3-7-20)22-11-14-29(15-12-22)26(31)23-9-4-10-24(16-23)32-19-21-8-5-13-27-17-21/h1-10,13,16-17,22H,11-12,14-15,18-19H2,(H,28,30). The highest BCUT2D eigenvalue weighted by atomic mass is 16.5. The van der Waals surface area contributed by atoms with Crippen molar-refractivity contribution in [1.29, 1.82) is 0 Å². The number of benzene rings is 2. The quantitative estimate of drug-likeness (QED) is 0.620. The summed E-state index contributed by atoms with van der Waals surface area (Å²) in [5, 5.41) is 3.02. The van der Waals surface area contributed by atoms with E-state index in [0.717, 1.165) is 11.1 Å². The van der Waals surface area contributed by atoms with Crippen molar-refractivity contribution in [2.24, 2.45) is 5.92 Å². The largest absolute Gasteiger partial charge is 0.489 e. The minimum absolute atomic E-state index is 0.0278. The summed E-state index contributed by atoms with van der Waals surface area (Å²) in [5.74, 6) is 0.624. The molecule has 0 saturated carbocycles. The van der Waals surface area contributed by atoms with Gasteiger partial charge in [0.2, 0.25) is 5.91 Å². The monoisotopic (exact) mass is 429 g/mol. The molecule has 2 amide bonds. The molecule has 1 saturated heterocycles. The molecule has 6 nitrogen and oxygen atoms in total. The Balaban J connectivity index is 1.27. The zero-order chi connectivity index (χ0) is 22.2. The molecule has 1 aromatic heterocycles. The van der Waals surface area contributed by atoms with Crippen molar-refractivity contribution in [2.75, 3.05) is 13.1 Å². The van der Waals surface area contributed by atoms with E-state index in [-0.39, 0.29) is 17.7 Å². The SMILES string of the molecule is O=C(NCc1ccccc1)C1CCN(C(=O)c2cccc(OCc3cccnc3)c2)CC1. The number of ether oxygens (including phenoxy) is 1. The molecule has 1 aliphatic heterocycles. The van der Waals surface area contributed by atoms with E-state index in [1.165, 1.54) is 0 Å². The molecule has 164 valence electrons. The van der Waals surface area contributed by atoms with Crippen LogP contribution in [0.2, 0.25) is 0 Å². The van der Waals surface area contributed by atoms with Crippen LogP contribution in [0.5, 0.6) is 5.75 Å². The third-order valence-electron chi connectivity index (χ3n) is 5.67. The Morgan fingerprint density at radius 2 is 1.75 bits per heavy atom. The molecule has 3 aromatic rings. The van der Waals surface area contributed by atoms with Gasteiger partial charge in [-0.3, -0.25) is 14.6 Å². The first-order valence-electron chi connectivity index (χ1n) is 10.9. The molecular weight excluding hydrogens is 402 g/mol. The molecule has 6 heteroatoms. The first-order valence-corrected chi connectivity index (χ1v) is 10.9. The Labute approximate surface area is 188 Å². The molecule has 0 spiro atoms. The molecule has 0 unspecified atom stereocenters. The average molecular weight is 430 g/mol. The molecule has 4 rings (SSSR count). The summed E-state index contributed by atoms with van der Waals surface area (Å²) in [6.07, 6.45) is 4.82. The fourth-order valence-corrected chi connectivity index (χ4v) is 3.83. The van der Waals surface area contributed by atoms with Gasteiger partial charge >= 0.3 is 0 Å². The number of hydrogen-bond acceptors (Lipinski definition) is 4. The van der Waals surface area contributed by atoms with Crippen LogP contribution in [0, 0.1) is 5.92 Å². The highest BCUT2D eigenvalue weighted by Gasteiger charge is 2.27. The predicted molar refractivity (Wildman–Crippen MR) is 122 cm³/mol. The Kier molecular flexibility index (Phi) is 7.12. The Morgan fingerprint density at radius 1 is 0.969 bits per heavy atom. The van der Waals surface area contributed by atoms with Crippen LogP contribution in [-0.4, -0.2) is 34.8 Å². The van der Waals surface area contributed by atoms with Crippen LogP contribution in [-0.2, 0) is 17.9 Å². The second-order valence-corrected chi connectivity index (χ2v) is 7.95. The molecule has 0 bridgehead atoms. The minimum atomic E-state index is -0.0584. The second kappa shape index (κ2) is 10.6. The smallest absolute Gasteiger partial charge is 0.253 e. The van der Waals surface area contributed by atoms with Crippen LogP contribution in [0.1, 0.15) is 34.3 Å². The summed E-state index contributed by atoms with van der Waals surface area (Å²) < 4.78 is 5.82. The first-order chi connectivity index (χ1) is 15.7. The Hall–Kier alpha value is -3.67. The molecule has 2 heterocycles. The summed E-state index contributed by atoms with van der Waals surface area (Å²) in [5.41, 5.74) is 2.65. The van der Waals surface area contributed by atoms with E-state index < -0.39 is 0 Å². The average Bonchev–Trinajstić information content (AvgIpc) is 2.87. The van der Waals surface area contributed by atoms with E-state index in [4.69, 9.17) is 4.74 Å². The lowest BCUT2D eigenvalue weighted by molar-refractivity contribution is -0.126. The zero-order valence-electron chi connectivity index (χ0n) is 17.9. The van der Waals surface area contributed by atoms with Gasteiger partial charge in [0, 0.05) is 49.1 Å². The third-order valence-corrected chi connectivity index (χ3v) is 5.67. The first kappa shape index (κ1) is 21.6. The van der Waals surface area contributed by atoms with Crippen LogP contribution >= 0.6 is 0 Å². The highest BCUT2D eigenvalue weighted by Crippen LogP contribution is 2.22. The number of rotatable bonds is 7. The lowest BCUT2D eigenvalue weighted by atomic mass is 9.95. The summed E-state index contributed by atoms with van der Waals surface area (Å²) >= 11 is 0. The van der Waals surface area contributed by atoms with Crippen molar-refractivity contribution in [2.45, 2.75) is 26.0 Å². The van der Waals surface area contributed by atoms with Crippen molar-refractivity contribution < 1.29 is 14.3 Å². The number of carbonyl (C=O) groups is 2. The lowest BCUT2D eigenvalue weighted by Crippen LogP contribution is -2.42. The number of amides is 2. The number of piperidine rings is 1. The van der Waals surface area contributed by atoms with Gasteiger partial charge in [-0.2, -0.15) is 0 Å². The van der Waals surface area contributed by atoms with Crippen molar-refractivity contribution >= 4 is 11.8 Å². The van der Waals surface area contributed by atoms with Gasteiger partial charge in [0.1, 0.15) is 12.4 Å². The van der Waals surface area contributed by atoms with Crippen LogP contribution in [0.25, 0.3) is 0 Å². The molecule has 1 N–H and O–H groups in total. The fraction of sp³-hybridized carbons (Fsp3) is 0.269. The van der Waals surface area contributed by atoms with Crippen molar-refractivity contribution in [3.63, 3.8) is 0 Å². The van der Waals surface area contributed by atoms with E-state index in [1.54, 1.807) is 24.5 Å². The number of nitrogens with one attached hydrogen (secondary N) is 1. The Bertz CT molecular complexity index is 1030. The summed E-state index contributed by atoms with van der Waals surface area (Å²) in [6, 6.07) is 20.9. The predicted octanol–water partition coefficient (Wildman–Crippen LogP) is 3.83. The van der Waals surface area contributed by atoms with Crippen molar-refractivity contribution in [3.8, 4) is 5.75 Å². The summed E-state index contributed by atoms with van der Waals surface area (Å²) in [6.45, 7) is 2.08. The zero-order valence-corrected chi connectivity index (χ0v) is 17.9. The molecule has 0 aliphatic carbocycles. The van der Waals surface area contributed by atoms with Crippen LogP contribution in [0.15, 0.2) is 79.1 Å². The van der Waals surface area contributed by atoms with E-state index in [0.29, 0.717) is 50.4 Å². The highest BCUT2D eigenvalue weighted by molar-refractivity contribution is 5.94. The van der Waals surface area contributed by atoms with Gasteiger partial charge in [-0.1, -0.05) is 42.5 Å². The van der Waals surface area contributed by atoms with Gasteiger partial charge in [-0.15, -0.1) is 0 Å². The molecule has 1 fully saturated rings. The molecular formula is C26H27N3O3. The number of aromatic nitrogens is 1. The number of likely N-dealkylation sites (tertiary alicyclic amines) is 1. The number of carbonyl (C=O) groups excluding carboxylic acids is 2. The van der Waals surface area contributed by atoms with Gasteiger partial charge in [0.25, 0.3) is 5.91 Å². The molecule has 2 aromatic carbocycles. The van der Waals surface area contributed by atoms with Crippen LogP contribution < -0.4 is 10.1 Å². The lowest BCUT2D eigenvalue weighted by Gasteiger charge is -2.31. The van der Waals surface area contributed by atoms with Crippen LogP contribution in [0.4, 0.5) is 0 Å². The molecule has 0 atom stereocenters. The molecule has 0 radical (unpaired) electrons. The Morgan fingerprint density at radius 3 is 2.50 bits per heavy atom. The van der Waals surface area contributed by atoms with E-state index in [9.17, 15) is 9.59 Å². The number of hydrogen-bond donors (Lipinski definition) is 1. The summed E-state index contributed by atoms with van der Waals surface area (Å²) in [7, 11) is 0. The maximum absolute atomic E-state index is 13.0. The number of pyridine rings is 1. The molecule has 32 heavy (non-hydrogen) atoms. The van der Waals surface area contributed by atoms with Crippen molar-refractivity contribution in [1.82, 2.24) is 15.2 Å². The normalized spacial score (nSPS) is 14.1. The van der Waals surface area contributed by atoms with E-state index in [2.05, 4.69) is 10.3 Å². The van der Waals surface area contributed by atoms with Crippen molar-refractivity contribution in [3.05, 3.63) is 95.8 Å². The van der Waals surface area contributed by atoms with Gasteiger partial charge in [0.15, 0.2) is 0 Å². The van der Waals surface area contributed by atoms with Gasteiger partial charge in [-0.25, -0.2) is 0 Å². The number of nitrogens with zero attached hydrogens (tertiary/aromatic N) is 2. The van der Waals surface area contributed by atoms with Gasteiger partial charge < -0.3 is 15.0 Å². The minimum Gasteiger partial charge on any atom is -0.489 e. The third kappa shape index (κ3) is 5.72. The maximum atomic E-state index is 13.0. The van der Waals surface area contributed by atoms with E-state index >= 15 is 0 Å².